The van der Waals surface area contributed by atoms with Crippen LogP contribution in [0, 0.1) is 6.92 Å². The van der Waals surface area contributed by atoms with Gasteiger partial charge in [0.15, 0.2) is 16.7 Å². The molecular weight excluding hydrogens is 212 g/mol. The van der Waals surface area contributed by atoms with E-state index in [1.807, 2.05) is 6.92 Å². The SMILES string of the molecule is Cc1cc(O)c(O)cc1SC1=NCCN1. The van der Waals surface area contributed by atoms with E-state index >= 15 is 0 Å². The summed E-state index contributed by atoms with van der Waals surface area (Å²) in [4.78, 5) is 5.15. The van der Waals surface area contributed by atoms with E-state index in [1.165, 1.54) is 11.8 Å². The number of nitrogens with one attached hydrogen (secondary N) is 1. The van der Waals surface area contributed by atoms with E-state index in [-0.39, 0.29) is 11.5 Å². The van der Waals surface area contributed by atoms with Gasteiger partial charge in [-0.1, -0.05) is 11.8 Å². The van der Waals surface area contributed by atoms with E-state index in [0.717, 1.165) is 28.7 Å². The summed E-state index contributed by atoms with van der Waals surface area (Å²) in [6.07, 6.45) is 0. The van der Waals surface area contributed by atoms with Crippen LogP contribution in [0.15, 0.2) is 22.0 Å². The van der Waals surface area contributed by atoms with Crippen molar-refractivity contribution in [3.63, 3.8) is 0 Å². The molecule has 0 amide bonds. The first-order valence-corrected chi connectivity index (χ1v) is 5.47. The summed E-state index contributed by atoms with van der Waals surface area (Å²) in [5, 5.41) is 22.7. The quantitative estimate of drug-likeness (QED) is 0.632. The number of phenolic OH excluding ortho intramolecular Hbond substituents is 2. The lowest BCUT2D eigenvalue weighted by Gasteiger charge is -2.07. The zero-order valence-electron chi connectivity index (χ0n) is 8.32. The van der Waals surface area contributed by atoms with Gasteiger partial charge in [-0.15, -0.1) is 0 Å². The minimum atomic E-state index is -0.0957. The van der Waals surface area contributed by atoms with Crippen LogP contribution in [0.4, 0.5) is 0 Å². The highest BCUT2D eigenvalue weighted by Crippen LogP contribution is 2.33. The first-order chi connectivity index (χ1) is 7.16. The molecule has 0 unspecified atom stereocenters. The second-order valence-corrected chi connectivity index (χ2v) is 4.35. The van der Waals surface area contributed by atoms with Crippen molar-refractivity contribution in [3.8, 4) is 11.5 Å². The van der Waals surface area contributed by atoms with Gasteiger partial charge in [0.25, 0.3) is 0 Å². The molecule has 4 nitrogen and oxygen atoms in total. The molecular formula is C10H12N2O2S. The molecule has 1 aromatic rings. The summed E-state index contributed by atoms with van der Waals surface area (Å²) < 4.78 is 0. The average molecular weight is 224 g/mol. The molecule has 0 fully saturated rings. The van der Waals surface area contributed by atoms with Crippen LogP contribution in [-0.2, 0) is 0 Å². The highest BCUT2D eigenvalue weighted by atomic mass is 32.2. The van der Waals surface area contributed by atoms with Crippen LogP contribution < -0.4 is 5.32 Å². The second kappa shape index (κ2) is 4.02. The second-order valence-electron chi connectivity index (χ2n) is 3.32. The summed E-state index contributed by atoms with van der Waals surface area (Å²) in [7, 11) is 0. The number of aryl methyl sites for hydroxylation is 1. The zero-order valence-corrected chi connectivity index (χ0v) is 9.14. The van der Waals surface area contributed by atoms with Crippen molar-refractivity contribution in [2.45, 2.75) is 11.8 Å². The van der Waals surface area contributed by atoms with Gasteiger partial charge in [0.2, 0.25) is 0 Å². The van der Waals surface area contributed by atoms with E-state index in [9.17, 15) is 10.2 Å². The summed E-state index contributed by atoms with van der Waals surface area (Å²) >= 11 is 1.47. The van der Waals surface area contributed by atoms with Crippen molar-refractivity contribution < 1.29 is 10.2 Å². The molecule has 80 valence electrons. The molecule has 0 bridgehead atoms. The number of hydrogen-bond donors (Lipinski definition) is 3. The number of amidine groups is 1. The molecule has 1 aliphatic heterocycles. The first kappa shape index (κ1) is 10.2. The van der Waals surface area contributed by atoms with Crippen LogP contribution >= 0.6 is 11.8 Å². The Hall–Kier alpha value is -1.36. The van der Waals surface area contributed by atoms with Crippen LogP contribution in [0.2, 0.25) is 0 Å². The minimum absolute atomic E-state index is 0.0850. The number of hydrogen-bond acceptors (Lipinski definition) is 5. The van der Waals surface area contributed by atoms with Crippen molar-refractivity contribution in [3.05, 3.63) is 17.7 Å². The Bertz CT molecular complexity index is 418. The van der Waals surface area contributed by atoms with Gasteiger partial charge < -0.3 is 15.5 Å². The molecule has 0 aliphatic carbocycles. The minimum Gasteiger partial charge on any atom is -0.504 e. The van der Waals surface area contributed by atoms with Gasteiger partial charge in [0.05, 0.1) is 6.54 Å². The number of thioether (sulfide) groups is 1. The number of phenols is 2. The molecule has 5 heteroatoms. The summed E-state index contributed by atoms with van der Waals surface area (Å²) in [5.41, 5.74) is 0.923. The maximum Gasteiger partial charge on any atom is 0.161 e. The summed E-state index contributed by atoms with van der Waals surface area (Å²) in [6.45, 7) is 3.55. The van der Waals surface area contributed by atoms with Crippen LogP contribution in [0.5, 0.6) is 11.5 Å². The molecule has 1 aromatic carbocycles. The predicted molar refractivity (Wildman–Crippen MR) is 60.7 cm³/mol. The standard InChI is InChI=1S/C10H12N2O2S/c1-6-4-7(13)8(14)5-9(6)15-10-11-2-3-12-10/h4-5,13-14H,2-3H2,1H3,(H,11,12). The van der Waals surface area contributed by atoms with Crippen LogP contribution in [0.1, 0.15) is 5.56 Å². The third kappa shape index (κ3) is 2.18. The molecule has 0 saturated heterocycles. The third-order valence-corrected chi connectivity index (χ3v) is 3.25. The van der Waals surface area contributed by atoms with Gasteiger partial charge in [-0.2, -0.15) is 0 Å². The first-order valence-electron chi connectivity index (χ1n) is 4.65. The molecule has 3 N–H and O–H groups in total. The van der Waals surface area contributed by atoms with E-state index in [4.69, 9.17) is 0 Å². The van der Waals surface area contributed by atoms with E-state index in [0.29, 0.717) is 0 Å². The van der Waals surface area contributed by atoms with Crippen molar-refractivity contribution in [2.75, 3.05) is 13.1 Å². The Labute approximate surface area is 92.0 Å². The van der Waals surface area contributed by atoms with Crippen LogP contribution in [0.25, 0.3) is 0 Å². The van der Waals surface area contributed by atoms with Crippen molar-refractivity contribution >= 4 is 16.9 Å². The van der Waals surface area contributed by atoms with E-state index < -0.39 is 0 Å². The maximum atomic E-state index is 9.37. The van der Waals surface area contributed by atoms with Crippen molar-refractivity contribution in [2.24, 2.45) is 4.99 Å². The monoisotopic (exact) mass is 224 g/mol. The molecule has 2 rings (SSSR count). The number of aliphatic imine (C=N–C) groups is 1. The number of benzene rings is 1. The number of nitrogens with zero attached hydrogens (tertiary/aromatic N) is 1. The van der Waals surface area contributed by atoms with Crippen LogP contribution in [-0.4, -0.2) is 28.5 Å². The predicted octanol–water partition coefficient (Wildman–Crippen LogP) is 1.46. The van der Waals surface area contributed by atoms with Gasteiger partial charge in [0.1, 0.15) is 0 Å². The Morgan fingerprint density at radius 1 is 1.33 bits per heavy atom. The fourth-order valence-corrected chi connectivity index (χ4v) is 2.25. The Balaban J connectivity index is 2.24. The highest BCUT2D eigenvalue weighted by Gasteiger charge is 2.11. The molecule has 0 aromatic heterocycles. The fourth-order valence-electron chi connectivity index (χ4n) is 1.32. The van der Waals surface area contributed by atoms with Crippen LogP contribution in [0.3, 0.4) is 0 Å². The Kier molecular flexibility index (Phi) is 2.73. The van der Waals surface area contributed by atoms with Crippen molar-refractivity contribution in [1.82, 2.24) is 5.32 Å². The lowest BCUT2D eigenvalue weighted by atomic mass is 10.2. The Morgan fingerprint density at radius 3 is 2.73 bits per heavy atom. The normalized spacial score (nSPS) is 14.9. The largest absolute Gasteiger partial charge is 0.504 e. The van der Waals surface area contributed by atoms with Gasteiger partial charge in [-0.3, -0.25) is 4.99 Å². The topological polar surface area (TPSA) is 64.8 Å². The number of rotatable bonds is 1. The fraction of sp³-hybridized carbons (Fsp3) is 0.300. The smallest absolute Gasteiger partial charge is 0.161 e. The number of aromatic hydroxyl groups is 2. The molecule has 0 spiro atoms. The molecule has 0 saturated carbocycles. The maximum absolute atomic E-state index is 9.37. The summed E-state index contributed by atoms with van der Waals surface area (Å²) in [5.74, 6) is -0.181. The van der Waals surface area contributed by atoms with Gasteiger partial charge >= 0.3 is 0 Å². The Morgan fingerprint density at radius 2 is 2.07 bits per heavy atom. The molecule has 1 aliphatic rings. The third-order valence-electron chi connectivity index (χ3n) is 2.12. The highest BCUT2D eigenvalue weighted by molar-refractivity contribution is 8.13. The van der Waals surface area contributed by atoms with E-state index in [2.05, 4.69) is 10.3 Å². The lowest BCUT2D eigenvalue weighted by molar-refractivity contribution is 0.402. The summed E-state index contributed by atoms with van der Waals surface area (Å²) in [6, 6.07) is 3.10. The zero-order chi connectivity index (χ0) is 10.8. The molecule has 0 atom stereocenters. The lowest BCUT2D eigenvalue weighted by Crippen LogP contribution is -2.14. The molecule has 0 radical (unpaired) electrons. The van der Waals surface area contributed by atoms with Gasteiger partial charge in [-0.05, 0) is 24.6 Å². The van der Waals surface area contributed by atoms with Crippen molar-refractivity contribution in [1.29, 1.82) is 0 Å². The molecule has 15 heavy (non-hydrogen) atoms. The van der Waals surface area contributed by atoms with Gasteiger partial charge in [-0.25, -0.2) is 0 Å². The molecule has 1 heterocycles. The average Bonchev–Trinajstić information content (AvgIpc) is 2.67. The van der Waals surface area contributed by atoms with Gasteiger partial charge in [0, 0.05) is 11.4 Å². The van der Waals surface area contributed by atoms with E-state index in [1.54, 1.807) is 12.1 Å².